The fraction of sp³-hybridized carbons (Fsp3) is 0.208. The minimum atomic E-state index is -1.82. The molecule has 2 aromatic carbocycles. The number of nitro groups is 1. The van der Waals surface area contributed by atoms with E-state index in [2.05, 4.69) is 10.5 Å². The summed E-state index contributed by atoms with van der Waals surface area (Å²) in [6, 6.07) is 11.9. The minimum absolute atomic E-state index is 0.0228. The Morgan fingerprint density at radius 1 is 1.19 bits per heavy atom. The number of hydroxylamine groups is 1. The zero-order valence-corrected chi connectivity index (χ0v) is 19.0. The van der Waals surface area contributed by atoms with Crippen molar-refractivity contribution in [2.75, 3.05) is 6.61 Å². The van der Waals surface area contributed by atoms with Crippen molar-refractivity contribution in [2.24, 2.45) is 5.73 Å². The second-order valence-corrected chi connectivity index (χ2v) is 7.95. The highest BCUT2D eigenvalue weighted by Crippen LogP contribution is 2.29. The maximum Gasteiger partial charge on any atom is 0.414 e. The van der Waals surface area contributed by atoms with Crippen LogP contribution in [0.5, 0.6) is 0 Å². The normalized spacial score (nSPS) is 14.5. The summed E-state index contributed by atoms with van der Waals surface area (Å²) in [5.41, 5.74) is 13.1. The van der Waals surface area contributed by atoms with E-state index in [4.69, 9.17) is 30.4 Å². The van der Waals surface area contributed by atoms with Crippen LogP contribution in [0.25, 0.3) is 17.0 Å². The summed E-state index contributed by atoms with van der Waals surface area (Å²) >= 11 is 0. The first-order valence-corrected chi connectivity index (χ1v) is 10.8. The van der Waals surface area contributed by atoms with Crippen LogP contribution in [-0.2, 0) is 27.3 Å². The molecule has 1 atom stereocenters. The number of nitrogens with one attached hydrogen (secondary N) is 2. The van der Waals surface area contributed by atoms with Gasteiger partial charge >= 0.3 is 11.9 Å². The number of carbonyl (C=O) groups excluding carboxylic acids is 1. The van der Waals surface area contributed by atoms with Crippen molar-refractivity contribution in [1.82, 2.24) is 10.5 Å². The molecule has 0 aliphatic heterocycles. The second kappa shape index (κ2) is 11.7. The molecule has 1 aliphatic rings. The molecule has 12 heteroatoms. The van der Waals surface area contributed by atoms with Gasteiger partial charge in [0, 0.05) is 40.3 Å². The highest BCUT2D eigenvalue weighted by molar-refractivity contribution is 6.27. The molecule has 0 saturated heterocycles. The molecule has 1 unspecified atom stereocenters. The number of carboxylic acids is 2. The van der Waals surface area contributed by atoms with E-state index in [1.807, 2.05) is 12.1 Å². The van der Waals surface area contributed by atoms with E-state index in [9.17, 15) is 14.9 Å². The molecule has 1 aliphatic carbocycles. The summed E-state index contributed by atoms with van der Waals surface area (Å²) in [6.07, 6.45) is 6.06. The van der Waals surface area contributed by atoms with Gasteiger partial charge in [0.25, 0.3) is 11.6 Å². The van der Waals surface area contributed by atoms with E-state index < -0.39 is 16.9 Å². The van der Waals surface area contributed by atoms with Gasteiger partial charge in [-0.15, -0.1) is 0 Å². The quantitative estimate of drug-likeness (QED) is 0.147. The zero-order chi connectivity index (χ0) is 26.2. The molecule has 0 bridgehead atoms. The van der Waals surface area contributed by atoms with Gasteiger partial charge in [-0.1, -0.05) is 24.3 Å². The third-order valence-corrected chi connectivity index (χ3v) is 5.41. The fourth-order valence-electron chi connectivity index (χ4n) is 3.73. The van der Waals surface area contributed by atoms with Crippen molar-refractivity contribution in [2.45, 2.75) is 25.3 Å². The van der Waals surface area contributed by atoms with E-state index >= 15 is 0 Å². The number of hydrogen-bond acceptors (Lipinski definition) is 7. The van der Waals surface area contributed by atoms with E-state index in [0.29, 0.717) is 11.1 Å². The van der Waals surface area contributed by atoms with Crippen molar-refractivity contribution >= 4 is 40.5 Å². The average Bonchev–Trinajstić information content (AvgIpc) is 3.21. The fourth-order valence-corrected chi connectivity index (χ4v) is 3.73. The Morgan fingerprint density at radius 2 is 1.94 bits per heavy atom. The lowest BCUT2D eigenvalue weighted by Gasteiger charge is -2.18. The predicted octanol–water partition coefficient (Wildman–Crippen LogP) is 2.42. The van der Waals surface area contributed by atoms with Crippen LogP contribution in [0, 0.1) is 10.1 Å². The number of hydrogen-bond donors (Lipinski definition) is 5. The molecule has 188 valence electrons. The van der Waals surface area contributed by atoms with E-state index in [0.717, 1.165) is 30.2 Å². The summed E-state index contributed by atoms with van der Waals surface area (Å²) in [4.78, 5) is 49.6. The average molecular weight is 496 g/mol. The van der Waals surface area contributed by atoms with Crippen LogP contribution in [0.15, 0.2) is 48.5 Å². The van der Waals surface area contributed by atoms with Gasteiger partial charge in [-0.25, -0.2) is 15.1 Å². The SMILES string of the molecule is NC1CCc2[nH]c3ccc(C(=O)NOC/C=C/c4cccc([N+](=O)[O-])c4)cc3c2C1.O=C(O)C(=O)O. The van der Waals surface area contributed by atoms with Crippen LogP contribution >= 0.6 is 0 Å². The molecule has 1 heterocycles. The number of aliphatic carboxylic acids is 2. The van der Waals surface area contributed by atoms with Crippen LogP contribution in [0.3, 0.4) is 0 Å². The molecule has 1 aromatic heterocycles. The van der Waals surface area contributed by atoms with Crippen molar-refractivity contribution in [3.8, 4) is 0 Å². The van der Waals surface area contributed by atoms with Gasteiger partial charge in [-0.05, 0) is 48.6 Å². The minimum Gasteiger partial charge on any atom is -0.473 e. The molecule has 0 fully saturated rings. The Kier molecular flexibility index (Phi) is 8.49. The molecular weight excluding hydrogens is 472 g/mol. The topological polar surface area (TPSA) is 198 Å². The van der Waals surface area contributed by atoms with Crippen LogP contribution in [0.1, 0.15) is 33.6 Å². The zero-order valence-electron chi connectivity index (χ0n) is 19.0. The van der Waals surface area contributed by atoms with Crippen LogP contribution < -0.4 is 11.2 Å². The highest BCUT2D eigenvalue weighted by atomic mass is 16.6. The smallest absolute Gasteiger partial charge is 0.414 e. The van der Waals surface area contributed by atoms with Crippen LogP contribution in [0.2, 0.25) is 0 Å². The summed E-state index contributed by atoms with van der Waals surface area (Å²) < 4.78 is 0. The molecule has 36 heavy (non-hydrogen) atoms. The van der Waals surface area contributed by atoms with Crippen LogP contribution in [-0.4, -0.2) is 50.6 Å². The Balaban J connectivity index is 0.000000538. The Bertz CT molecular complexity index is 1320. The van der Waals surface area contributed by atoms with Gasteiger partial charge in [0.15, 0.2) is 0 Å². The maximum absolute atomic E-state index is 12.4. The third kappa shape index (κ3) is 6.74. The summed E-state index contributed by atoms with van der Waals surface area (Å²) in [7, 11) is 0. The van der Waals surface area contributed by atoms with Gasteiger partial charge in [-0.3, -0.25) is 19.7 Å². The molecule has 0 saturated carbocycles. The van der Waals surface area contributed by atoms with Crippen molar-refractivity contribution in [1.29, 1.82) is 0 Å². The highest BCUT2D eigenvalue weighted by Gasteiger charge is 2.20. The van der Waals surface area contributed by atoms with E-state index in [-0.39, 0.29) is 24.2 Å². The van der Waals surface area contributed by atoms with Gasteiger partial charge in [0.2, 0.25) is 0 Å². The summed E-state index contributed by atoms with van der Waals surface area (Å²) in [6.45, 7) is 0.130. The predicted molar refractivity (Wildman–Crippen MR) is 129 cm³/mol. The number of carboxylic acid groups (broad SMARTS) is 2. The number of non-ortho nitro benzene ring substituents is 1. The number of rotatable bonds is 6. The van der Waals surface area contributed by atoms with Gasteiger partial charge in [0.1, 0.15) is 0 Å². The second-order valence-electron chi connectivity index (χ2n) is 7.95. The van der Waals surface area contributed by atoms with Crippen molar-refractivity contribution in [3.05, 3.63) is 81.0 Å². The molecule has 0 radical (unpaired) electrons. The Labute approximate surface area is 204 Å². The lowest BCUT2D eigenvalue weighted by Crippen LogP contribution is -2.27. The molecule has 12 nitrogen and oxygen atoms in total. The standard InChI is InChI=1S/C22H22N4O4.C2H2O4/c23-16-7-9-21-19(13-16)18-12-15(6-8-20(18)24-21)22(27)25-30-10-2-4-14-3-1-5-17(11-14)26(28)29;3-1(4)2(5)6/h1-6,8,11-12,16,24H,7,9-10,13,23H2,(H,25,27);(H,3,4)(H,5,6)/b4-2+;. The number of carbonyl (C=O) groups is 3. The molecule has 6 N–H and O–H groups in total. The van der Waals surface area contributed by atoms with Crippen molar-refractivity contribution in [3.63, 3.8) is 0 Å². The maximum atomic E-state index is 12.4. The number of amides is 1. The monoisotopic (exact) mass is 496 g/mol. The number of aromatic nitrogens is 1. The summed E-state index contributed by atoms with van der Waals surface area (Å²) in [5.74, 6) is -3.99. The van der Waals surface area contributed by atoms with Gasteiger partial charge in [0.05, 0.1) is 11.5 Å². The van der Waals surface area contributed by atoms with E-state index in [1.165, 1.54) is 23.4 Å². The first-order chi connectivity index (χ1) is 17.2. The summed E-state index contributed by atoms with van der Waals surface area (Å²) in [5, 5.41) is 26.6. The van der Waals surface area contributed by atoms with Crippen molar-refractivity contribution < 1.29 is 34.4 Å². The number of aryl methyl sites for hydroxylation is 1. The molecule has 3 aromatic rings. The number of aromatic amines is 1. The number of H-pyrrole nitrogens is 1. The van der Waals surface area contributed by atoms with Gasteiger partial charge in [-0.2, -0.15) is 0 Å². The Morgan fingerprint density at radius 3 is 2.64 bits per heavy atom. The number of nitrogens with zero attached hydrogens (tertiary/aromatic N) is 1. The lowest BCUT2D eigenvalue weighted by molar-refractivity contribution is -0.384. The first kappa shape index (κ1) is 26.1. The number of fused-ring (bicyclic) bond motifs is 3. The molecule has 4 rings (SSSR count). The molecular formula is C24H24N4O8. The molecule has 0 spiro atoms. The van der Waals surface area contributed by atoms with E-state index in [1.54, 1.807) is 30.4 Å². The third-order valence-electron chi connectivity index (χ3n) is 5.41. The number of nitro benzene ring substituents is 1. The molecule has 1 amide bonds. The number of nitrogens with two attached hydrogens (primary N) is 1. The lowest BCUT2D eigenvalue weighted by atomic mass is 9.92. The Hall–Kier alpha value is -4.55. The van der Waals surface area contributed by atoms with Gasteiger partial charge < -0.3 is 20.9 Å². The van der Waals surface area contributed by atoms with Crippen LogP contribution in [0.4, 0.5) is 5.69 Å². The number of benzene rings is 2. The first-order valence-electron chi connectivity index (χ1n) is 10.8. The largest absolute Gasteiger partial charge is 0.473 e.